The molecular formula is C10H8N2O4. The molecule has 0 spiro atoms. The number of nitrogens with zero attached hydrogens (tertiary/aromatic N) is 1. The summed E-state index contributed by atoms with van der Waals surface area (Å²) in [5.74, 6) is -1.23. The minimum absolute atomic E-state index is 0.0741. The number of aromatic carboxylic acids is 1. The van der Waals surface area contributed by atoms with Gasteiger partial charge in [0.2, 0.25) is 0 Å². The number of rotatable bonds is 2. The summed E-state index contributed by atoms with van der Waals surface area (Å²) in [5.41, 5.74) is 5.68. The highest BCUT2D eigenvalue weighted by Crippen LogP contribution is 2.28. The van der Waals surface area contributed by atoms with Crippen LogP contribution in [0.4, 0.5) is 5.82 Å². The average molecular weight is 220 g/mol. The normalized spacial score (nSPS) is 10.2. The lowest BCUT2D eigenvalue weighted by Gasteiger charge is -1.98. The molecule has 0 radical (unpaired) electrons. The van der Waals surface area contributed by atoms with Crippen molar-refractivity contribution in [3.8, 4) is 17.1 Å². The Labute approximate surface area is 89.9 Å². The Bertz CT molecular complexity index is 530. The molecule has 0 saturated heterocycles. The number of aromatic hydroxyl groups is 1. The quantitative estimate of drug-likeness (QED) is 0.704. The Kier molecular flexibility index (Phi) is 2.24. The summed E-state index contributed by atoms with van der Waals surface area (Å²) in [6, 6.07) is 5.86. The van der Waals surface area contributed by atoms with Gasteiger partial charge in [-0.25, -0.2) is 4.79 Å². The lowest BCUT2D eigenvalue weighted by Crippen LogP contribution is -2.01. The zero-order valence-electron chi connectivity index (χ0n) is 8.04. The van der Waals surface area contributed by atoms with E-state index >= 15 is 0 Å². The maximum absolute atomic E-state index is 10.9. The second-order valence-corrected chi connectivity index (χ2v) is 3.12. The van der Waals surface area contributed by atoms with Crippen molar-refractivity contribution < 1.29 is 19.5 Å². The molecule has 2 aromatic rings. The molecule has 2 rings (SSSR count). The van der Waals surface area contributed by atoms with Gasteiger partial charge in [-0.3, -0.25) is 0 Å². The van der Waals surface area contributed by atoms with Gasteiger partial charge >= 0.3 is 5.97 Å². The van der Waals surface area contributed by atoms with Crippen molar-refractivity contribution in [3.63, 3.8) is 0 Å². The fourth-order valence-electron chi connectivity index (χ4n) is 1.32. The first-order valence-corrected chi connectivity index (χ1v) is 4.37. The molecule has 0 amide bonds. The number of nitrogens with two attached hydrogens (primary N) is 1. The number of carboxylic acids is 1. The Morgan fingerprint density at radius 3 is 2.50 bits per heavy atom. The number of aromatic nitrogens is 1. The summed E-state index contributed by atoms with van der Waals surface area (Å²) >= 11 is 0. The number of hydrogen-bond acceptors (Lipinski definition) is 5. The Morgan fingerprint density at radius 2 is 1.94 bits per heavy atom. The number of nitrogen functional groups attached to an aromatic ring is 1. The molecule has 0 saturated carbocycles. The number of phenolic OH excluding ortho intramolecular Hbond substituents is 1. The molecule has 0 aliphatic carbocycles. The molecule has 4 N–H and O–H groups in total. The summed E-state index contributed by atoms with van der Waals surface area (Å²) in [5, 5.41) is 21.4. The van der Waals surface area contributed by atoms with Gasteiger partial charge in [0.15, 0.2) is 17.1 Å². The van der Waals surface area contributed by atoms with Crippen LogP contribution in [0, 0.1) is 0 Å². The van der Waals surface area contributed by atoms with Gasteiger partial charge in [-0.05, 0) is 24.3 Å². The highest BCUT2D eigenvalue weighted by molar-refractivity contribution is 5.98. The van der Waals surface area contributed by atoms with Crippen LogP contribution >= 0.6 is 0 Å². The van der Waals surface area contributed by atoms with Gasteiger partial charge in [0.25, 0.3) is 0 Å². The largest absolute Gasteiger partial charge is 0.508 e. The molecule has 82 valence electrons. The number of carboxylic acid groups (broad SMARTS) is 1. The van der Waals surface area contributed by atoms with E-state index < -0.39 is 5.97 Å². The van der Waals surface area contributed by atoms with Crippen LogP contribution in [-0.2, 0) is 0 Å². The zero-order valence-corrected chi connectivity index (χ0v) is 8.04. The third-order valence-corrected chi connectivity index (χ3v) is 2.06. The van der Waals surface area contributed by atoms with Crippen molar-refractivity contribution in [2.75, 3.05) is 5.73 Å². The first-order valence-electron chi connectivity index (χ1n) is 4.37. The molecule has 0 bridgehead atoms. The minimum atomic E-state index is -1.21. The Morgan fingerprint density at radius 1 is 1.31 bits per heavy atom. The molecular weight excluding hydrogens is 212 g/mol. The first-order chi connectivity index (χ1) is 7.59. The van der Waals surface area contributed by atoms with Crippen LogP contribution < -0.4 is 5.73 Å². The average Bonchev–Trinajstić information content (AvgIpc) is 2.61. The van der Waals surface area contributed by atoms with Crippen LogP contribution in [0.25, 0.3) is 11.3 Å². The standard InChI is InChI=1S/C10H8N2O4/c11-9-7(10(14)15)8(16-12-9)5-1-3-6(13)4-2-5/h1-4,13H,(H2,11,12)(H,14,15). The molecule has 0 fully saturated rings. The van der Waals surface area contributed by atoms with Crippen LogP contribution in [-0.4, -0.2) is 21.3 Å². The predicted octanol–water partition coefficient (Wildman–Crippen LogP) is 1.33. The first kappa shape index (κ1) is 10.0. The lowest BCUT2D eigenvalue weighted by molar-refractivity contribution is 0.0698. The van der Waals surface area contributed by atoms with Crippen LogP contribution in [0.15, 0.2) is 28.8 Å². The van der Waals surface area contributed by atoms with E-state index in [9.17, 15) is 4.79 Å². The van der Waals surface area contributed by atoms with Crippen molar-refractivity contribution in [2.45, 2.75) is 0 Å². The molecule has 6 nitrogen and oxygen atoms in total. The zero-order chi connectivity index (χ0) is 11.7. The van der Waals surface area contributed by atoms with Gasteiger partial charge < -0.3 is 20.5 Å². The maximum atomic E-state index is 10.9. The van der Waals surface area contributed by atoms with Crippen molar-refractivity contribution in [1.82, 2.24) is 5.16 Å². The fourth-order valence-corrected chi connectivity index (χ4v) is 1.32. The van der Waals surface area contributed by atoms with Gasteiger partial charge in [0.1, 0.15) is 5.75 Å². The summed E-state index contributed by atoms with van der Waals surface area (Å²) in [6.07, 6.45) is 0. The van der Waals surface area contributed by atoms with Gasteiger partial charge in [-0.1, -0.05) is 5.16 Å². The number of anilines is 1. The van der Waals surface area contributed by atoms with E-state index in [4.69, 9.17) is 20.5 Å². The fraction of sp³-hybridized carbons (Fsp3) is 0. The van der Waals surface area contributed by atoms with E-state index in [1.807, 2.05) is 0 Å². The van der Waals surface area contributed by atoms with E-state index in [-0.39, 0.29) is 22.9 Å². The topological polar surface area (TPSA) is 110 Å². The maximum Gasteiger partial charge on any atom is 0.343 e. The summed E-state index contributed by atoms with van der Waals surface area (Å²) < 4.78 is 4.85. The lowest BCUT2D eigenvalue weighted by atomic mass is 10.1. The second kappa shape index (κ2) is 3.58. The number of phenols is 1. The van der Waals surface area contributed by atoms with Crippen LogP contribution in [0.5, 0.6) is 5.75 Å². The summed E-state index contributed by atoms with van der Waals surface area (Å²) in [6.45, 7) is 0. The Hall–Kier alpha value is -2.50. The van der Waals surface area contributed by atoms with Crippen molar-refractivity contribution in [3.05, 3.63) is 29.8 Å². The number of benzene rings is 1. The molecule has 1 heterocycles. The summed E-state index contributed by atoms with van der Waals surface area (Å²) in [7, 11) is 0. The Balaban J connectivity index is 2.56. The third kappa shape index (κ3) is 1.56. The van der Waals surface area contributed by atoms with E-state index in [2.05, 4.69) is 5.16 Å². The van der Waals surface area contributed by atoms with Crippen LogP contribution in [0.2, 0.25) is 0 Å². The van der Waals surface area contributed by atoms with E-state index in [0.717, 1.165) is 0 Å². The van der Waals surface area contributed by atoms with Crippen molar-refractivity contribution in [2.24, 2.45) is 0 Å². The van der Waals surface area contributed by atoms with Gasteiger partial charge in [0.05, 0.1) is 0 Å². The summed E-state index contributed by atoms with van der Waals surface area (Å²) in [4.78, 5) is 10.9. The molecule has 0 unspecified atom stereocenters. The highest BCUT2D eigenvalue weighted by Gasteiger charge is 2.21. The molecule has 6 heteroatoms. The molecule has 0 aliphatic rings. The second-order valence-electron chi connectivity index (χ2n) is 3.12. The van der Waals surface area contributed by atoms with Crippen LogP contribution in [0.3, 0.4) is 0 Å². The highest BCUT2D eigenvalue weighted by atomic mass is 16.5. The minimum Gasteiger partial charge on any atom is -0.508 e. The molecule has 1 aromatic carbocycles. The number of carbonyl (C=O) groups is 1. The molecule has 1 aromatic heterocycles. The van der Waals surface area contributed by atoms with E-state index in [1.165, 1.54) is 24.3 Å². The van der Waals surface area contributed by atoms with E-state index in [0.29, 0.717) is 5.56 Å². The molecule has 0 atom stereocenters. The molecule has 16 heavy (non-hydrogen) atoms. The SMILES string of the molecule is Nc1noc(-c2ccc(O)cc2)c1C(=O)O. The van der Waals surface area contributed by atoms with Gasteiger partial charge in [0, 0.05) is 5.56 Å². The smallest absolute Gasteiger partial charge is 0.343 e. The molecule has 0 aliphatic heterocycles. The van der Waals surface area contributed by atoms with Gasteiger partial charge in [-0.15, -0.1) is 0 Å². The number of hydrogen-bond donors (Lipinski definition) is 3. The van der Waals surface area contributed by atoms with Crippen molar-refractivity contribution >= 4 is 11.8 Å². The third-order valence-electron chi connectivity index (χ3n) is 2.06. The van der Waals surface area contributed by atoms with Crippen LogP contribution in [0.1, 0.15) is 10.4 Å². The monoisotopic (exact) mass is 220 g/mol. The van der Waals surface area contributed by atoms with Gasteiger partial charge in [-0.2, -0.15) is 0 Å². The van der Waals surface area contributed by atoms with E-state index in [1.54, 1.807) is 0 Å². The van der Waals surface area contributed by atoms with Crippen molar-refractivity contribution in [1.29, 1.82) is 0 Å². The predicted molar refractivity (Wildman–Crippen MR) is 55.0 cm³/mol.